The summed E-state index contributed by atoms with van der Waals surface area (Å²) in [5.41, 5.74) is 5.68. The molecular formula is C21H14N4O4. The van der Waals surface area contributed by atoms with Crippen LogP contribution in [-0.2, 0) is 0 Å². The van der Waals surface area contributed by atoms with Crippen molar-refractivity contribution in [1.29, 1.82) is 10.5 Å². The Balaban J connectivity index is 1.92. The van der Waals surface area contributed by atoms with Crippen molar-refractivity contribution >= 4 is 11.8 Å². The van der Waals surface area contributed by atoms with Gasteiger partial charge in [0, 0.05) is 5.56 Å². The highest BCUT2D eigenvalue weighted by atomic mass is 16.5. The predicted octanol–water partition coefficient (Wildman–Crippen LogP) is 2.60. The van der Waals surface area contributed by atoms with Crippen LogP contribution in [0, 0.1) is 22.7 Å². The van der Waals surface area contributed by atoms with Crippen LogP contribution in [0.5, 0.6) is 11.5 Å². The molecule has 0 atom stereocenters. The summed E-state index contributed by atoms with van der Waals surface area (Å²) in [6.07, 6.45) is 0. The topological polar surface area (TPSA) is 142 Å². The molecule has 0 aliphatic rings. The molecule has 0 saturated carbocycles. The Morgan fingerprint density at radius 1 is 0.966 bits per heavy atom. The van der Waals surface area contributed by atoms with Crippen molar-refractivity contribution in [2.75, 3.05) is 12.8 Å². The van der Waals surface area contributed by atoms with E-state index in [1.807, 2.05) is 6.07 Å². The van der Waals surface area contributed by atoms with Gasteiger partial charge in [-0.15, -0.1) is 0 Å². The summed E-state index contributed by atoms with van der Waals surface area (Å²) in [5, 5.41) is 18.7. The number of aromatic amines is 1. The monoisotopic (exact) mass is 386 g/mol. The third kappa shape index (κ3) is 3.77. The van der Waals surface area contributed by atoms with Gasteiger partial charge in [-0.25, -0.2) is 4.79 Å². The van der Waals surface area contributed by atoms with E-state index in [9.17, 15) is 20.1 Å². The van der Waals surface area contributed by atoms with Crippen LogP contribution in [0.1, 0.15) is 21.5 Å². The number of ether oxygens (including phenoxy) is 2. The second-order valence-corrected chi connectivity index (χ2v) is 5.86. The van der Waals surface area contributed by atoms with E-state index in [0.717, 1.165) is 0 Å². The minimum Gasteiger partial charge on any atom is -0.497 e. The van der Waals surface area contributed by atoms with Gasteiger partial charge in [-0.05, 0) is 42.0 Å². The summed E-state index contributed by atoms with van der Waals surface area (Å²) >= 11 is 0. The molecule has 0 radical (unpaired) electrons. The Labute approximate surface area is 165 Å². The second kappa shape index (κ2) is 7.99. The van der Waals surface area contributed by atoms with Gasteiger partial charge in [0.15, 0.2) is 0 Å². The Bertz CT molecular complexity index is 1210. The lowest BCUT2D eigenvalue weighted by molar-refractivity contribution is 0.0734. The van der Waals surface area contributed by atoms with E-state index in [-0.39, 0.29) is 28.3 Å². The molecule has 2 aromatic carbocycles. The number of hydrogen-bond acceptors (Lipinski definition) is 7. The van der Waals surface area contributed by atoms with Gasteiger partial charge in [0.25, 0.3) is 5.56 Å². The quantitative estimate of drug-likeness (QED) is 0.518. The fourth-order valence-corrected chi connectivity index (χ4v) is 2.71. The molecule has 0 fully saturated rings. The smallest absolute Gasteiger partial charge is 0.343 e. The summed E-state index contributed by atoms with van der Waals surface area (Å²) in [5.74, 6) is 0.187. The number of rotatable bonds is 4. The van der Waals surface area contributed by atoms with E-state index < -0.39 is 11.5 Å². The van der Waals surface area contributed by atoms with Crippen molar-refractivity contribution < 1.29 is 14.3 Å². The van der Waals surface area contributed by atoms with Crippen LogP contribution in [0.25, 0.3) is 11.1 Å². The van der Waals surface area contributed by atoms with Gasteiger partial charge in [-0.3, -0.25) is 4.79 Å². The summed E-state index contributed by atoms with van der Waals surface area (Å²) in [6.45, 7) is 0. The molecule has 0 unspecified atom stereocenters. The third-order valence-electron chi connectivity index (χ3n) is 4.15. The number of nitrogens with zero attached hydrogens (tertiary/aromatic N) is 2. The number of carbonyl (C=O) groups excluding carboxylic acids is 1. The molecule has 8 heteroatoms. The highest BCUT2D eigenvalue weighted by molar-refractivity contribution is 5.91. The van der Waals surface area contributed by atoms with Crippen molar-refractivity contribution in [3.05, 3.63) is 75.6 Å². The van der Waals surface area contributed by atoms with Gasteiger partial charge in [0.05, 0.1) is 12.7 Å². The fourth-order valence-electron chi connectivity index (χ4n) is 2.71. The fraction of sp³-hybridized carbons (Fsp3) is 0.0476. The SMILES string of the molecule is COc1ccc(C(=O)Oc2ccc(-c3c(C#N)c(N)[nH]c(=O)c3C#N)cc2)cc1. The molecule has 0 aliphatic carbocycles. The van der Waals surface area contributed by atoms with Gasteiger partial charge in [0.1, 0.15) is 40.6 Å². The first-order valence-electron chi connectivity index (χ1n) is 8.31. The Hall–Kier alpha value is -4.56. The van der Waals surface area contributed by atoms with Gasteiger partial charge < -0.3 is 20.2 Å². The maximum Gasteiger partial charge on any atom is 0.343 e. The zero-order chi connectivity index (χ0) is 21.0. The molecule has 0 bridgehead atoms. The number of pyridine rings is 1. The summed E-state index contributed by atoms with van der Waals surface area (Å²) in [6, 6.07) is 16.2. The standard InChI is InChI=1S/C21H14N4O4/c1-28-14-6-4-13(5-7-14)21(27)29-15-8-2-12(3-9-15)18-16(10-22)19(24)25-20(26)17(18)11-23/h2-9H,1H3,(H3,24,25,26). The van der Waals surface area contributed by atoms with Crippen LogP contribution in [0.15, 0.2) is 53.3 Å². The van der Waals surface area contributed by atoms with Crippen LogP contribution in [0.3, 0.4) is 0 Å². The second-order valence-electron chi connectivity index (χ2n) is 5.86. The van der Waals surface area contributed by atoms with Crippen LogP contribution >= 0.6 is 0 Å². The van der Waals surface area contributed by atoms with Crippen LogP contribution in [0.4, 0.5) is 5.82 Å². The zero-order valence-electron chi connectivity index (χ0n) is 15.2. The first-order chi connectivity index (χ1) is 14.0. The summed E-state index contributed by atoms with van der Waals surface area (Å²) in [7, 11) is 1.53. The average Bonchev–Trinajstić information content (AvgIpc) is 2.74. The first kappa shape index (κ1) is 19.2. The van der Waals surface area contributed by atoms with Crippen LogP contribution in [0.2, 0.25) is 0 Å². The number of nitrogens with one attached hydrogen (secondary N) is 1. The predicted molar refractivity (Wildman–Crippen MR) is 104 cm³/mol. The lowest BCUT2D eigenvalue weighted by Gasteiger charge is -2.10. The number of methoxy groups -OCH3 is 1. The lowest BCUT2D eigenvalue weighted by atomic mass is 9.96. The number of carbonyl (C=O) groups is 1. The van der Waals surface area contributed by atoms with Gasteiger partial charge in [-0.2, -0.15) is 10.5 Å². The minimum absolute atomic E-state index is 0.0101. The number of anilines is 1. The third-order valence-corrected chi connectivity index (χ3v) is 4.15. The maximum absolute atomic E-state index is 12.2. The number of H-pyrrole nitrogens is 1. The summed E-state index contributed by atoms with van der Waals surface area (Å²) < 4.78 is 10.4. The number of esters is 1. The van der Waals surface area contributed by atoms with E-state index in [2.05, 4.69) is 4.98 Å². The number of benzene rings is 2. The van der Waals surface area contributed by atoms with Crippen LogP contribution < -0.4 is 20.8 Å². The van der Waals surface area contributed by atoms with Gasteiger partial charge >= 0.3 is 5.97 Å². The van der Waals surface area contributed by atoms with E-state index in [0.29, 0.717) is 16.9 Å². The molecular weight excluding hydrogens is 372 g/mol. The molecule has 3 rings (SSSR count). The Morgan fingerprint density at radius 2 is 1.55 bits per heavy atom. The Morgan fingerprint density at radius 3 is 2.10 bits per heavy atom. The van der Waals surface area contributed by atoms with Crippen molar-refractivity contribution in [3.63, 3.8) is 0 Å². The Kier molecular flexibility index (Phi) is 5.29. The van der Waals surface area contributed by atoms with Crippen molar-refractivity contribution in [3.8, 4) is 34.8 Å². The molecule has 3 aromatic rings. The van der Waals surface area contributed by atoms with Crippen molar-refractivity contribution in [2.24, 2.45) is 0 Å². The number of aromatic nitrogens is 1. The molecule has 8 nitrogen and oxygen atoms in total. The minimum atomic E-state index is -0.686. The van der Waals surface area contributed by atoms with Gasteiger partial charge in [-0.1, -0.05) is 12.1 Å². The van der Waals surface area contributed by atoms with Crippen molar-refractivity contribution in [1.82, 2.24) is 4.98 Å². The molecule has 29 heavy (non-hydrogen) atoms. The molecule has 1 aromatic heterocycles. The molecule has 0 spiro atoms. The number of nitrogens with two attached hydrogens (primary N) is 1. The zero-order valence-corrected chi connectivity index (χ0v) is 15.2. The number of nitrogen functional groups attached to an aromatic ring is 1. The molecule has 0 aliphatic heterocycles. The average molecular weight is 386 g/mol. The largest absolute Gasteiger partial charge is 0.497 e. The maximum atomic E-state index is 12.2. The van der Waals surface area contributed by atoms with E-state index in [1.165, 1.54) is 31.4 Å². The lowest BCUT2D eigenvalue weighted by Crippen LogP contribution is -2.16. The van der Waals surface area contributed by atoms with Crippen molar-refractivity contribution in [2.45, 2.75) is 0 Å². The highest BCUT2D eigenvalue weighted by Gasteiger charge is 2.18. The molecule has 3 N–H and O–H groups in total. The molecule has 0 saturated heterocycles. The van der Waals surface area contributed by atoms with E-state index in [4.69, 9.17) is 15.2 Å². The highest BCUT2D eigenvalue weighted by Crippen LogP contribution is 2.29. The number of hydrogen-bond donors (Lipinski definition) is 2. The first-order valence-corrected chi connectivity index (χ1v) is 8.31. The molecule has 1 heterocycles. The van der Waals surface area contributed by atoms with Crippen LogP contribution in [-0.4, -0.2) is 18.1 Å². The molecule has 142 valence electrons. The van der Waals surface area contributed by atoms with E-state index in [1.54, 1.807) is 30.3 Å². The molecule has 0 amide bonds. The number of nitriles is 2. The summed E-state index contributed by atoms with van der Waals surface area (Å²) in [4.78, 5) is 26.5. The van der Waals surface area contributed by atoms with E-state index >= 15 is 0 Å². The normalized spacial score (nSPS) is 9.90. The van der Waals surface area contributed by atoms with Gasteiger partial charge in [0.2, 0.25) is 0 Å².